The van der Waals surface area contributed by atoms with E-state index < -0.39 is 0 Å². The van der Waals surface area contributed by atoms with Gasteiger partial charge in [-0.15, -0.1) is 0 Å². The molecule has 0 radical (unpaired) electrons. The molecule has 0 N–H and O–H groups in total. The normalized spacial score (nSPS) is 11.4. The third-order valence-corrected chi connectivity index (χ3v) is 18.5. The molecule has 0 amide bonds. The van der Waals surface area contributed by atoms with E-state index in [0.717, 1.165) is 101 Å². The van der Waals surface area contributed by atoms with Crippen LogP contribution >= 0.6 is 0 Å². The molecule has 0 bridgehead atoms. The van der Waals surface area contributed by atoms with E-state index in [1.165, 1.54) is 65.7 Å². The molecule has 1 heterocycles. The van der Waals surface area contributed by atoms with Crippen molar-refractivity contribution in [2.24, 2.45) is 0 Å². The van der Waals surface area contributed by atoms with E-state index in [1.807, 2.05) is 0 Å². The van der Waals surface area contributed by atoms with E-state index in [4.69, 9.17) is 4.42 Å². The second kappa shape index (κ2) is 23.6. The van der Waals surface area contributed by atoms with Crippen LogP contribution < -0.4 is 9.80 Å². The van der Waals surface area contributed by atoms with Gasteiger partial charge in [0.15, 0.2) is 0 Å². The van der Waals surface area contributed by atoms with E-state index in [-0.39, 0.29) is 0 Å². The van der Waals surface area contributed by atoms with Crippen molar-refractivity contribution < 1.29 is 4.42 Å². The van der Waals surface area contributed by atoms with Crippen LogP contribution in [0.3, 0.4) is 0 Å². The minimum atomic E-state index is 0.870. The van der Waals surface area contributed by atoms with Gasteiger partial charge in [0.1, 0.15) is 11.2 Å². The minimum Gasteiger partial charge on any atom is -0.455 e. The summed E-state index contributed by atoms with van der Waals surface area (Å²) in [6.45, 7) is 0. The molecule has 16 aromatic carbocycles. The Morgan fingerprint density at radius 2 is 0.538 bits per heavy atom. The fraction of sp³-hybridized carbons (Fsp3) is 0. The number of furan rings is 1. The maximum absolute atomic E-state index is 6.72. The number of benzene rings is 16. The second-order valence-corrected chi connectivity index (χ2v) is 24.0. The lowest BCUT2D eigenvalue weighted by molar-refractivity contribution is 0.670. The van der Waals surface area contributed by atoms with Gasteiger partial charge in [-0.2, -0.15) is 0 Å². The smallest absolute Gasteiger partial charge is 0.143 e. The first-order valence-electron chi connectivity index (χ1n) is 31.9. The SMILES string of the molecule is c1ccc(-c2ccc(-c3ccc(N(c4ccc(-c5cccc6ccccc56)cc4)c4cccc(-c5cccc(N(c6ccc(-c7ccc8ccccc8c7)cc6)c6ccc(-c7ccc8c(c7)oc7c(-c9ccccc9)cccc78)cc6)c5)c4)cc3)c3ccccc23)cc1. The molecule has 0 spiro atoms. The van der Waals surface area contributed by atoms with E-state index in [0.29, 0.717) is 0 Å². The van der Waals surface area contributed by atoms with Crippen molar-refractivity contribution in [3.8, 4) is 77.9 Å². The zero-order valence-corrected chi connectivity index (χ0v) is 50.9. The van der Waals surface area contributed by atoms with Crippen LogP contribution in [0.1, 0.15) is 0 Å². The van der Waals surface area contributed by atoms with Crippen molar-refractivity contribution in [3.63, 3.8) is 0 Å². The fourth-order valence-corrected chi connectivity index (χ4v) is 13.8. The average Bonchev–Trinajstić information content (AvgIpc) is 1.81. The summed E-state index contributed by atoms with van der Waals surface area (Å²) in [5, 5.41) is 9.62. The third-order valence-electron chi connectivity index (χ3n) is 18.5. The first-order valence-corrected chi connectivity index (χ1v) is 31.9. The Morgan fingerprint density at radius 1 is 0.172 bits per heavy atom. The van der Waals surface area contributed by atoms with Crippen molar-refractivity contribution in [2.75, 3.05) is 9.80 Å². The molecule has 0 saturated heterocycles. The van der Waals surface area contributed by atoms with Crippen LogP contribution in [0, 0.1) is 0 Å². The number of fused-ring (bicyclic) bond motifs is 6. The van der Waals surface area contributed by atoms with Crippen LogP contribution in [0.2, 0.25) is 0 Å². The number of hydrogen-bond acceptors (Lipinski definition) is 3. The average molecular weight is 1190 g/mol. The van der Waals surface area contributed by atoms with Gasteiger partial charge >= 0.3 is 0 Å². The highest BCUT2D eigenvalue weighted by molar-refractivity contribution is 6.11. The summed E-state index contributed by atoms with van der Waals surface area (Å²) in [5.74, 6) is 0. The van der Waals surface area contributed by atoms with Crippen molar-refractivity contribution in [3.05, 3.63) is 364 Å². The van der Waals surface area contributed by atoms with Crippen molar-refractivity contribution in [1.29, 1.82) is 0 Å². The van der Waals surface area contributed by atoms with Gasteiger partial charge in [0.25, 0.3) is 0 Å². The number of hydrogen-bond donors (Lipinski definition) is 0. The molecule has 17 aromatic rings. The summed E-state index contributed by atoms with van der Waals surface area (Å²) < 4.78 is 6.72. The second-order valence-electron chi connectivity index (χ2n) is 24.0. The fourth-order valence-electron chi connectivity index (χ4n) is 13.8. The van der Waals surface area contributed by atoms with Gasteiger partial charge in [-0.1, -0.05) is 273 Å². The molecule has 3 nitrogen and oxygen atoms in total. The highest BCUT2D eigenvalue weighted by Crippen LogP contribution is 2.45. The molecular formula is C90H60N2O. The molecule has 1 aromatic heterocycles. The maximum Gasteiger partial charge on any atom is 0.143 e. The van der Waals surface area contributed by atoms with E-state index in [2.05, 4.69) is 374 Å². The Kier molecular flexibility index (Phi) is 13.9. The highest BCUT2D eigenvalue weighted by atomic mass is 16.3. The first-order chi connectivity index (χ1) is 46.1. The molecule has 93 heavy (non-hydrogen) atoms. The van der Waals surface area contributed by atoms with Crippen LogP contribution in [0.25, 0.3) is 132 Å². The number of para-hydroxylation sites is 1. The van der Waals surface area contributed by atoms with Crippen molar-refractivity contribution in [2.45, 2.75) is 0 Å². The highest BCUT2D eigenvalue weighted by Gasteiger charge is 2.20. The van der Waals surface area contributed by atoms with E-state index in [1.54, 1.807) is 0 Å². The van der Waals surface area contributed by atoms with Gasteiger partial charge in [-0.05, 0) is 196 Å². The number of anilines is 6. The summed E-state index contributed by atoms with van der Waals surface area (Å²) in [4.78, 5) is 4.76. The standard InChI is InChI=1S/C90H60N2O/c1-3-18-64(19-4-1)82-55-56-83(86-31-12-11-30-85(82)86)68-43-52-77(53-44-68)92(76-50-41-67(42-51-76)81-32-15-24-65-22-9-10-29-80(65)81)79-28-14-26-71(59-79)70-25-13-27-78(58-70)91(74-46-37-62(38-47-74)72-36-35-61-17-7-8-23-69(61)57-72)75-48-39-63(40-49-75)73-45-54-87-88-34-16-33-84(66-20-5-2-6-21-66)90(88)93-89(87)60-73/h1-60H. The van der Waals surface area contributed by atoms with Crippen molar-refractivity contribution >= 4 is 88.4 Å². The monoisotopic (exact) mass is 1180 g/mol. The van der Waals surface area contributed by atoms with Gasteiger partial charge in [0.2, 0.25) is 0 Å². The molecule has 436 valence electrons. The zero-order valence-electron chi connectivity index (χ0n) is 50.9. The number of nitrogens with zero attached hydrogens (tertiary/aromatic N) is 2. The largest absolute Gasteiger partial charge is 0.455 e. The molecular weight excluding hydrogens is 1130 g/mol. The Labute approximate surface area is 541 Å². The topological polar surface area (TPSA) is 19.6 Å². The summed E-state index contributed by atoms with van der Waals surface area (Å²) in [6.07, 6.45) is 0. The van der Waals surface area contributed by atoms with Crippen LogP contribution in [0.4, 0.5) is 34.1 Å². The van der Waals surface area contributed by atoms with Crippen molar-refractivity contribution in [1.82, 2.24) is 0 Å². The third kappa shape index (κ3) is 10.3. The molecule has 0 fully saturated rings. The predicted octanol–water partition coefficient (Wildman–Crippen LogP) is 25.7. The van der Waals surface area contributed by atoms with Gasteiger partial charge in [-0.25, -0.2) is 0 Å². The van der Waals surface area contributed by atoms with Gasteiger partial charge in [0.05, 0.1) is 0 Å². The molecule has 0 unspecified atom stereocenters. The molecule has 17 rings (SSSR count). The molecule has 0 aliphatic rings. The lowest BCUT2D eigenvalue weighted by Gasteiger charge is -2.27. The molecule has 0 saturated carbocycles. The predicted molar refractivity (Wildman–Crippen MR) is 394 cm³/mol. The Balaban J connectivity index is 0.742. The van der Waals surface area contributed by atoms with Gasteiger partial charge in [0, 0.05) is 50.5 Å². The van der Waals surface area contributed by atoms with Crippen LogP contribution in [0.15, 0.2) is 368 Å². The lowest BCUT2D eigenvalue weighted by Crippen LogP contribution is -2.10. The Bertz CT molecular complexity index is 5590. The summed E-state index contributed by atoms with van der Waals surface area (Å²) in [5.41, 5.74) is 24.3. The van der Waals surface area contributed by atoms with E-state index >= 15 is 0 Å². The summed E-state index contributed by atoms with van der Waals surface area (Å²) >= 11 is 0. The zero-order chi connectivity index (χ0) is 61.6. The van der Waals surface area contributed by atoms with Gasteiger partial charge in [-0.3, -0.25) is 0 Å². The van der Waals surface area contributed by atoms with Gasteiger partial charge < -0.3 is 14.2 Å². The maximum atomic E-state index is 6.72. The van der Waals surface area contributed by atoms with Crippen LogP contribution in [-0.2, 0) is 0 Å². The molecule has 0 atom stereocenters. The van der Waals surface area contributed by atoms with Crippen LogP contribution in [0.5, 0.6) is 0 Å². The minimum absolute atomic E-state index is 0.870. The molecule has 0 aliphatic heterocycles. The molecule has 3 heteroatoms. The number of rotatable bonds is 13. The quantitative estimate of drug-likeness (QED) is 0.115. The van der Waals surface area contributed by atoms with E-state index in [9.17, 15) is 0 Å². The lowest BCUT2D eigenvalue weighted by atomic mass is 9.92. The summed E-state index contributed by atoms with van der Waals surface area (Å²) in [6, 6.07) is 132. The Morgan fingerprint density at radius 3 is 1.11 bits per heavy atom. The Hall–Kier alpha value is -12.3. The first kappa shape index (κ1) is 54.8. The molecule has 0 aliphatic carbocycles. The summed E-state index contributed by atoms with van der Waals surface area (Å²) in [7, 11) is 0. The van der Waals surface area contributed by atoms with Crippen LogP contribution in [-0.4, -0.2) is 0 Å².